The van der Waals surface area contributed by atoms with Crippen molar-refractivity contribution in [1.82, 2.24) is 10.2 Å². The van der Waals surface area contributed by atoms with E-state index in [0.717, 1.165) is 28.1 Å². The molecule has 1 spiro atoms. The third-order valence-electron chi connectivity index (χ3n) is 6.41. The Morgan fingerprint density at radius 3 is 2.49 bits per heavy atom. The summed E-state index contributed by atoms with van der Waals surface area (Å²) in [7, 11) is 3.23. The smallest absolute Gasteiger partial charge is 0.319 e. The molecule has 2 aliphatic rings. The summed E-state index contributed by atoms with van der Waals surface area (Å²) in [5.41, 5.74) is 3.51. The van der Waals surface area contributed by atoms with Gasteiger partial charge in [-0.05, 0) is 41.5 Å². The Morgan fingerprint density at radius 1 is 0.971 bits per heavy atom. The van der Waals surface area contributed by atoms with Crippen molar-refractivity contribution in [3.63, 3.8) is 0 Å². The van der Waals surface area contributed by atoms with Crippen LogP contribution in [0, 0.1) is 0 Å². The zero-order valence-corrected chi connectivity index (χ0v) is 20.5. The van der Waals surface area contributed by atoms with Gasteiger partial charge >= 0.3 is 6.03 Å². The van der Waals surface area contributed by atoms with Gasteiger partial charge in [0.1, 0.15) is 11.5 Å². The molecule has 35 heavy (non-hydrogen) atoms. The molecule has 0 radical (unpaired) electrons. The van der Waals surface area contributed by atoms with E-state index >= 15 is 0 Å². The summed E-state index contributed by atoms with van der Waals surface area (Å²) in [6, 6.07) is 22.8. The first-order valence-corrected chi connectivity index (χ1v) is 12.4. The van der Waals surface area contributed by atoms with Gasteiger partial charge in [0.15, 0.2) is 4.87 Å². The minimum atomic E-state index is -1.14. The van der Waals surface area contributed by atoms with Crippen molar-refractivity contribution in [1.29, 1.82) is 0 Å². The number of benzene rings is 3. The number of methoxy groups -OCH3 is 2. The van der Waals surface area contributed by atoms with E-state index in [4.69, 9.17) is 9.47 Å². The molecule has 1 saturated heterocycles. The molecule has 3 amide bonds. The van der Waals surface area contributed by atoms with Crippen LogP contribution in [0.2, 0.25) is 0 Å². The zero-order chi connectivity index (χ0) is 24.4. The molecule has 0 aromatic heterocycles. The van der Waals surface area contributed by atoms with Crippen LogP contribution in [0.1, 0.15) is 16.7 Å². The number of carbonyl (C=O) groups excluding carboxylic acids is 2. The van der Waals surface area contributed by atoms with Crippen molar-refractivity contribution in [3.8, 4) is 11.5 Å². The molecule has 3 aromatic rings. The molecule has 3 aromatic carbocycles. The zero-order valence-electron chi connectivity index (χ0n) is 19.7. The molecule has 0 aliphatic carbocycles. The third kappa shape index (κ3) is 4.08. The van der Waals surface area contributed by atoms with Gasteiger partial charge in [-0.2, -0.15) is 0 Å². The summed E-state index contributed by atoms with van der Waals surface area (Å²) in [5.74, 6) is 1.92. The molecule has 1 N–H and O–H groups in total. The lowest BCUT2D eigenvalue weighted by atomic mass is 10.1. The molecule has 0 unspecified atom stereocenters. The van der Waals surface area contributed by atoms with Crippen LogP contribution in [-0.4, -0.2) is 43.4 Å². The van der Waals surface area contributed by atoms with Gasteiger partial charge in [0, 0.05) is 24.4 Å². The molecule has 2 heterocycles. The Balaban J connectivity index is 1.49. The van der Waals surface area contributed by atoms with E-state index < -0.39 is 4.87 Å². The Labute approximate surface area is 209 Å². The van der Waals surface area contributed by atoms with Crippen molar-refractivity contribution in [3.05, 3.63) is 89.5 Å². The largest absolute Gasteiger partial charge is 0.497 e. The van der Waals surface area contributed by atoms with Gasteiger partial charge < -0.3 is 19.7 Å². The van der Waals surface area contributed by atoms with Gasteiger partial charge in [-0.1, -0.05) is 42.5 Å². The van der Waals surface area contributed by atoms with Gasteiger partial charge in [-0.25, -0.2) is 4.79 Å². The lowest BCUT2D eigenvalue weighted by molar-refractivity contribution is -0.123. The van der Waals surface area contributed by atoms with Crippen LogP contribution in [0.25, 0.3) is 0 Å². The average molecular weight is 490 g/mol. The number of anilines is 1. The molecular formula is C27H27N3O4S. The van der Waals surface area contributed by atoms with E-state index in [-0.39, 0.29) is 11.9 Å². The van der Waals surface area contributed by atoms with Gasteiger partial charge in [0.2, 0.25) is 0 Å². The highest BCUT2D eigenvalue weighted by Gasteiger charge is 2.59. The molecular weight excluding hydrogens is 462 g/mol. The maximum absolute atomic E-state index is 14.1. The van der Waals surface area contributed by atoms with Crippen LogP contribution in [0.5, 0.6) is 11.5 Å². The van der Waals surface area contributed by atoms with Crippen LogP contribution in [-0.2, 0) is 22.8 Å². The van der Waals surface area contributed by atoms with Crippen LogP contribution in [0.4, 0.5) is 10.5 Å². The molecule has 0 saturated carbocycles. The molecule has 7 nitrogen and oxygen atoms in total. The van der Waals surface area contributed by atoms with Crippen molar-refractivity contribution in [2.75, 3.05) is 31.4 Å². The summed E-state index contributed by atoms with van der Waals surface area (Å²) < 4.78 is 10.9. The SMILES string of the molecule is COc1cccc(CN2C(=O)[C@]3(SCCN3C(=O)NCc3ccccc3)c3cc(OC)ccc32)c1. The highest BCUT2D eigenvalue weighted by atomic mass is 32.2. The predicted octanol–water partition coefficient (Wildman–Crippen LogP) is 4.36. The number of urea groups is 1. The first kappa shape index (κ1) is 23.1. The Kier molecular flexibility index (Phi) is 6.30. The molecule has 2 aliphatic heterocycles. The lowest BCUT2D eigenvalue weighted by Crippen LogP contribution is -2.53. The number of fused-ring (bicyclic) bond motifs is 2. The number of carbonyl (C=O) groups is 2. The second kappa shape index (κ2) is 9.54. The molecule has 180 valence electrons. The van der Waals surface area contributed by atoms with Crippen molar-refractivity contribution < 1.29 is 19.1 Å². The number of ether oxygens (including phenoxy) is 2. The summed E-state index contributed by atoms with van der Waals surface area (Å²) in [4.78, 5) is 29.9. The summed E-state index contributed by atoms with van der Waals surface area (Å²) >= 11 is 1.50. The van der Waals surface area contributed by atoms with Gasteiger partial charge in [-0.15, -0.1) is 11.8 Å². The Bertz CT molecular complexity index is 1250. The summed E-state index contributed by atoms with van der Waals surface area (Å²) in [6.07, 6.45) is 0. The number of thioether (sulfide) groups is 1. The quantitative estimate of drug-likeness (QED) is 0.557. The normalized spacial score (nSPS) is 18.6. The van der Waals surface area contributed by atoms with E-state index in [1.807, 2.05) is 72.8 Å². The number of nitrogens with one attached hydrogen (secondary N) is 1. The molecule has 5 rings (SSSR count). The van der Waals surface area contributed by atoms with Crippen LogP contribution in [0.3, 0.4) is 0 Å². The average Bonchev–Trinajstić information content (AvgIpc) is 3.45. The van der Waals surface area contributed by atoms with Crippen LogP contribution in [0.15, 0.2) is 72.8 Å². The fourth-order valence-electron chi connectivity index (χ4n) is 4.70. The Hall–Kier alpha value is -3.65. The fraction of sp³-hybridized carbons (Fsp3) is 0.259. The van der Waals surface area contributed by atoms with E-state index in [9.17, 15) is 9.59 Å². The molecule has 0 bridgehead atoms. The maximum Gasteiger partial charge on any atom is 0.319 e. The maximum atomic E-state index is 14.1. The summed E-state index contributed by atoms with van der Waals surface area (Å²) in [5, 5.41) is 3.01. The first-order valence-electron chi connectivity index (χ1n) is 11.4. The monoisotopic (exact) mass is 489 g/mol. The number of nitrogens with zero attached hydrogens (tertiary/aromatic N) is 2. The van der Waals surface area contributed by atoms with E-state index in [0.29, 0.717) is 31.1 Å². The third-order valence-corrected chi connectivity index (χ3v) is 7.83. The Morgan fingerprint density at radius 2 is 1.71 bits per heavy atom. The molecule has 1 atom stereocenters. The molecule has 1 fully saturated rings. The second-order valence-electron chi connectivity index (χ2n) is 8.41. The van der Waals surface area contributed by atoms with Crippen molar-refractivity contribution in [2.45, 2.75) is 18.0 Å². The fourth-order valence-corrected chi connectivity index (χ4v) is 6.15. The highest BCUT2D eigenvalue weighted by molar-refractivity contribution is 8.01. The highest BCUT2D eigenvalue weighted by Crippen LogP contribution is 2.55. The second-order valence-corrected chi connectivity index (χ2v) is 9.70. The van der Waals surface area contributed by atoms with E-state index in [1.54, 1.807) is 24.0 Å². The number of hydrogen-bond acceptors (Lipinski definition) is 5. The van der Waals surface area contributed by atoms with Crippen LogP contribution < -0.4 is 19.7 Å². The van der Waals surface area contributed by atoms with E-state index in [1.165, 1.54) is 11.8 Å². The molecule has 8 heteroatoms. The number of rotatable bonds is 6. The minimum Gasteiger partial charge on any atom is -0.497 e. The van der Waals surface area contributed by atoms with Gasteiger partial charge in [-0.3, -0.25) is 9.69 Å². The summed E-state index contributed by atoms with van der Waals surface area (Å²) in [6.45, 7) is 1.24. The van der Waals surface area contributed by atoms with Gasteiger partial charge in [0.05, 0.1) is 26.5 Å². The predicted molar refractivity (Wildman–Crippen MR) is 137 cm³/mol. The first-order chi connectivity index (χ1) is 17.1. The van der Waals surface area contributed by atoms with Crippen molar-refractivity contribution in [2.24, 2.45) is 0 Å². The van der Waals surface area contributed by atoms with Crippen LogP contribution >= 0.6 is 11.8 Å². The van der Waals surface area contributed by atoms with E-state index in [2.05, 4.69) is 5.32 Å². The standard InChI is InChI=1S/C27H27N3O4S/c1-33-21-10-6-9-20(15-21)18-29-24-12-11-22(34-2)16-23(24)27(25(29)31)30(13-14-35-27)26(32)28-17-19-7-4-3-5-8-19/h3-12,15-16H,13-14,17-18H2,1-2H3,(H,28,32)/t27-/m1/s1. The minimum absolute atomic E-state index is 0.124. The topological polar surface area (TPSA) is 71.1 Å². The number of hydrogen-bond donors (Lipinski definition) is 1. The van der Waals surface area contributed by atoms with Gasteiger partial charge in [0.25, 0.3) is 5.91 Å². The van der Waals surface area contributed by atoms with Crippen molar-refractivity contribution >= 4 is 29.4 Å². The number of amides is 3. The lowest BCUT2D eigenvalue weighted by Gasteiger charge is -2.33.